The van der Waals surface area contributed by atoms with Gasteiger partial charge in [-0.05, 0) is 67.4 Å². The first-order chi connectivity index (χ1) is 17.9. The summed E-state index contributed by atoms with van der Waals surface area (Å²) in [5, 5.41) is 2.80. The summed E-state index contributed by atoms with van der Waals surface area (Å²) in [6, 6.07) is 17.8. The predicted molar refractivity (Wildman–Crippen MR) is 133 cm³/mol. The van der Waals surface area contributed by atoms with E-state index < -0.39 is 5.97 Å². The van der Waals surface area contributed by atoms with Crippen molar-refractivity contribution in [2.75, 3.05) is 18.5 Å². The zero-order chi connectivity index (χ0) is 25.9. The highest BCUT2D eigenvalue weighted by Gasteiger charge is 2.37. The second kappa shape index (κ2) is 10.2. The number of hydrogen-bond acceptors (Lipinski definition) is 7. The Balaban J connectivity index is 1.25. The number of anilines is 1. The third-order valence-corrected chi connectivity index (χ3v) is 6.06. The quantitative estimate of drug-likeness (QED) is 0.290. The highest BCUT2D eigenvalue weighted by molar-refractivity contribution is 6.21. The maximum Gasteiger partial charge on any atom is 0.308 e. The molecule has 0 spiro atoms. The maximum absolute atomic E-state index is 12.9. The van der Waals surface area contributed by atoms with Crippen molar-refractivity contribution in [3.8, 4) is 17.2 Å². The zero-order valence-corrected chi connectivity index (χ0v) is 20.1. The number of fused-ring (bicyclic) bond motifs is 1. The van der Waals surface area contributed by atoms with Crippen molar-refractivity contribution < 1.29 is 33.4 Å². The van der Waals surface area contributed by atoms with Crippen molar-refractivity contribution in [1.82, 2.24) is 4.90 Å². The van der Waals surface area contributed by atoms with E-state index in [0.29, 0.717) is 46.2 Å². The first-order valence-electron chi connectivity index (χ1n) is 11.9. The number of esters is 1. The summed E-state index contributed by atoms with van der Waals surface area (Å²) in [4.78, 5) is 50.6. The van der Waals surface area contributed by atoms with E-state index >= 15 is 0 Å². The molecule has 0 saturated carbocycles. The number of imide groups is 1. The molecule has 3 aromatic rings. The Hall–Kier alpha value is -4.50. The van der Waals surface area contributed by atoms with E-state index in [0.717, 1.165) is 12.8 Å². The van der Waals surface area contributed by atoms with Gasteiger partial charge in [0.25, 0.3) is 17.7 Å². The third kappa shape index (κ3) is 5.36. The van der Waals surface area contributed by atoms with E-state index in [1.165, 1.54) is 24.0 Å². The van der Waals surface area contributed by atoms with E-state index in [1.807, 2.05) is 0 Å². The van der Waals surface area contributed by atoms with Gasteiger partial charge in [-0.3, -0.25) is 24.1 Å². The molecule has 3 aromatic carbocycles. The summed E-state index contributed by atoms with van der Waals surface area (Å²) in [6.07, 6.45) is 1.63. The SMILES string of the molecule is CC(=O)Oc1ccc(C(=O)Nc2cccc(Oc3ccc4c(c3)C(=O)N(CC3CCCO3)C4=O)c2)cc1. The van der Waals surface area contributed by atoms with E-state index in [9.17, 15) is 19.2 Å². The lowest BCUT2D eigenvalue weighted by Gasteiger charge is -2.17. The molecule has 0 radical (unpaired) electrons. The van der Waals surface area contributed by atoms with Crippen LogP contribution in [0, 0.1) is 0 Å². The Morgan fingerprint density at radius 1 is 0.946 bits per heavy atom. The van der Waals surface area contributed by atoms with Crippen LogP contribution in [0.3, 0.4) is 0 Å². The molecule has 2 heterocycles. The van der Waals surface area contributed by atoms with Crippen LogP contribution in [0.2, 0.25) is 0 Å². The molecule has 2 aliphatic rings. The van der Waals surface area contributed by atoms with Crippen molar-refractivity contribution >= 4 is 29.4 Å². The molecule has 1 fully saturated rings. The van der Waals surface area contributed by atoms with Crippen molar-refractivity contribution in [3.63, 3.8) is 0 Å². The molecule has 0 aromatic heterocycles. The Morgan fingerprint density at radius 3 is 2.41 bits per heavy atom. The van der Waals surface area contributed by atoms with Gasteiger partial charge in [-0.2, -0.15) is 0 Å². The van der Waals surface area contributed by atoms with Crippen molar-refractivity contribution in [1.29, 1.82) is 0 Å². The lowest BCUT2D eigenvalue weighted by atomic mass is 10.1. The molecule has 0 bridgehead atoms. The molecule has 2 aliphatic heterocycles. The number of nitrogens with zero attached hydrogens (tertiary/aromatic N) is 1. The number of carbonyl (C=O) groups is 4. The summed E-state index contributed by atoms with van der Waals surface area (Å²) in [7, 11) is 0. The van der Waals surface area contributed by atoms with Crippen LogP contribution in [0.15, 0.2) is 66.7 Å². The number of amides is 3. The van der Waals surface area contributed by atoms with Gasteiger partial charge < -0.3 is 19.5 Å². The molecule has 5 rings (SSSR count). The standard InChI is InChI=1S/C28H24N2O7/c1-17(31)36-20-9-7-18(8-10-20)26(32)29-19-4-2-5-21(14-19)37-22-11-12-24-25(15-22)28(34)30(27(24)33)16-23-6-3-13-35-23/h2,4-5,7-12,14-15,23H,3,6,13,16H2,1H3,(H,29,32). The fraction of sp³-hybridized carbons (Fsp3) is 0.214. The fourth-order valence-electron chi connectivity index (χ4n) is 4.31. The second-order valence-corrected chi connectivity index (χ2v) is 8.77. The van der Waals surface area contributed by atoms with Crippen LogP contribution in [-0.2, 0) is 9.53 Å². The van der Waals surface area contributed by atoms with Gasteiger partial charge in [-0.25, -0.2) is 0 Å². The summed E-state index contributed by atoms with van der Waals surface area (Å²) in [5.41, 5.74) is 1.52. The smallest absolute Gasteiger partial charge is 0.308 e. The van der Waals surface area contributed by atoms with Crippen LogP contribution < -0.4 is 14.8 Å². The van der Waals surface area contributed by atoms with Crippen LogP contribution in [0.4, 0.5) is 5.69 Å². The van der Waals surface area contributed by atoms with E-state index in [1.54, 1.807) is 54.6 Å². The monoisotopic (exact) mass is 500 g/mol. The highest BCUT2D eigenvalue weighted by atomic mass is 16.5. The number of carbonyl (C=O) groups excluding carboxylic acids is 4. The lowest BCUT2D eigenvalue weighted by Crippen LogP contribution is -2.36. The summed E-state index contributed by atoms with van der Waals surface area (Å²) < 4.78 is 16.5. The molecule has 1 unspecified atom stereocenters. The first kappa shape index (κ1) is 24.2. The topological polar surface area (TPSA) is 111 Å². The highest BCUT2D eigenvalue weighted by Crippen LogP contribution is 2.31. The molecule has 0 aliphatic carbocycles. The van der Waals surface area contributed by atoms with E-state index in [4.69, 9.17) is 14.2 Å². The minimum absolute atomic E-state index is 0.123. The van der Waals surface area contributed by atoms with E-state index in [2.05, 4.69) is 5.32 Å². The van der Waals surface area contributed by atoms with Gasteiger partial charge in [0.05, 0.1) is 23.8 Å². The number of hydrogen-bond donors (Lipinski definition) is 1. The number of ether oxygens (including phenoxy) is 3. The second-order valence-electron chi connectivity index (χ2n) is 8.77. The van der Waals surface area contributed by atoms with Crippen LogP contribution in [0.5, 0.6) is 17.2 Å². The largest absolute Gasteiger partial charge is 0.457 e. The van der Waals surface area contributed by atoms with Gasteiger partial charge in [0.1, 0.15) is 17.2 Å². The summed E-state index contributed by atoms with van der Waals surface area (Å²) in [5.74, 6) is -0.290. The molecule has 188 valence electrons. The molecule has 3 amide bonds. The van der Waals surface area contributed by atoms with Crippen LogP contribution in [-0.4, -0.2) is 47.8 Å². The molecule has 9 heteroatoms. The third-order valence-electron chi connectivity index (χ3n) is 6.06. The van der Waals surface area contributed by atoms with Crippen LogP contribution >= 0.6 is 0 Å². The Morgan fingerprint density at radius 2 is 1.68 bits per heavy atom. The maximum atomic E-state index is 12.9. The lowest BCUT2D eigenvalue weighted by molar-refractivity contribution is -0.131. The van der Waals surface area contributed by atoms with Gasteiger partial charge in [0, 0.05) is 30.8 Å². The minimum Gasteiger partial charge on any atom is -0.457 e. The van der Waals surface area contributed by atoms with E-state index in [-0.39, 0.29) is 30.4 Å². The first-order valence-corrected chi connectivity index (χ1v) is 11.9. The van der Waals surface area contributed by atoms with Gasteiger partial charge >= 0.3 is 5.97 Å². The van der Waals surface area contributed by atoms with Crippen LogP contribution in [0.25, 0.3) is 0 Å². The molecule has 1 saturated heterocycles. The average molecular weight is 501 g/mol. The molecule has 9 nitrogen and oxygen atoms in total. The predicted octanol–water partition coefficient (Wildman–Crippen LogP) is 4.43. The molecular formula is C28H24N2O7. The van der Waals surface area contributed by atoms with Crippen molar-refractivity contribution in [2.24, 2.45) is 0 Å². The Kier molecular flexibility index (Phi) is 6.70. The number of nitrogens with one attached hydrogen (secondary N) is 1. The number of benzene rings is 3. The van der Waals surface area contributed by atoms with Crippen molar-refractivity contribution in [2.45, 2.75) is 25.9 Å². The average Bonchev–Trinajstić information content (AvgIpc) is 3.47. The van der Waals surface area contributed by atoms with Crippen molar-refractivity contribution in [3.05, 3.63) is 83.4 Å². The Labute approximate surface area is 212 Å². The normalized spacial score (nSPS) is 16.5. The minimum atomic E-state index is -0.440. The summed E-state index contributed by atoms with van der Waals surface area (Å²) in [6.45, 7) is 2.20. The number of rotatable bonds is 7. The zero-order valence-electron chi connectivity index (χ0n) is 20.1. The van der Waals surface area contributed by atoms with Gasteiger partial charge in [-0.15, -0.1) is 0 Å². The Bertz CT molecular complexity index is 1380. The molecule has 1 atom stereocenters. The summed E-state index contributed by atoms with van der Waals surface area (Å²) >= 11 is 0. The molecular weight excluding hydrogens is 476 g/mol. The fourth-order valence-corrected chi connectivity index (χ4v) is 4.31. The van der Waals surface area contributed by atoms with Gasteiger partial charge in [0.15, 0.2) is 0 Å². The van der Waals surface area contributed by atoms with Crippen LogP contribution in [0.1, 0.15) is 50.8 Å². The van der Waals surface area contributed by atoms with Gasteiger partial charge in [-0.1, -0.05) is 6.07 Å². The van der Waals surface area contributed by atoms with Gasteiger partial charge in [0.2, 0.25) is 0 Å². The molecule has 37 heavy (non-hydrogen) atoms. The molecule has 1 N–H and O–H groups in total.